The van der Waals surface area contributed by atoms with Crippen molar-refractivity contribution in [1.29, 1.82) is 0 Å². The SMILES string of the molecule is C=CC(=O)[N+](C=CC(N)=O)(CC)CC. The van der Waals surface area contributed by atoms with E-state index < -0.39 is 5.91 Å². The number of carbonyl (C=O) groups is 2. The van der Waals surface area contributed by atoms with Crippen LogP contribution in [0.5, 0.6) is 0 Å². The summed E-state index contributed by atoms with van der Waals surface area (Å²) >= 11 is 0. The van der Waals surface area contributed by atoms with E-state index in [0.717, 1.165) is 0 Å². The molecule has 0 saturated carbocycles. The molecule has 4 heteroatoms. The summed E-state index contributed by atoms with van der Waals surface area (Å²) in [5.74, 6) is -0.682. The number of nitrogens with zero attached hydrogens (tertiary/aromatic N) is 1. The van der Waals surface area contributed by atoms with Gasteiger partial charge in [0.05, 0.1) is 19.2 Å². The van der Waals surface area contributed by atoms with E-state index in [2.05, 4.69) is 6.58 Å². The highest BCUT2D eigenvalue weighted by Crippen LogP contribution is 2.09. The van der Waals surface area contributed by atoms with Gasteiger partial charge in [-0.05, 0) is 13.8 Å². The van der Waals surface area contributed by atoms with Crippen molar-refractivity contribution in [2.75, 3.05) is 13.1 Å². The van der Waals surface area contributed by atoms with Crippen molar-refractivity contribution in [3.63, 3.8) is 0 Å². The molecule has 0 aliphatic heterocycles. The molecule has 0 aliphatic rings. The molecule has 0 radical (unpaired) electrons. The summed E-state index contributed by atoms with van der Waals surface area (Å²) in [6.45, 7) is 8.33. The van der Waals surface area contributed by atoms with E-state index in [9.17, 15) is 9.59 Å². The van der Waals surface area contributed by atoms with Crippen LogP contribution in [0.3, 0.4) is 0 Å². The Bertz CT molecular complexity index is 265. The summed E-state index contributed by atoms with van der Waals surface area (Å²) in [6, 6.07) is 0. The number of likely N-dealkylation sites (N-methyl/N-ethyl adjacent to an activating group) is 1. The molecule has 0 saturated heterocycles. The minimum Gasteiger partial charge on any atom is -0.366 e. The van der Waals surface area contributed by atoms with Gasteiger partial charge in [-0.25, -0.2) is 9.28 Å². The maximum absolute atomic E-state index is 11.6. The molecule has 4 nitrogen and oxygen atoms in total. The monoisotopic (exact) mass is 197 g/mol. The fraction of sp³-hybridized carbons (Fsp3) is 0.400. The van der Waals surface area contributed by atoms with Crippen molar-refractivity contribution in [3.8, 4) is 0 Å². The van der Waals surface area contributed by atoms with Gasteiger partial charge < -0.3 is 5.73 Å². The van der Waals surface area contributed by atoms with Crippen LogP contribution in [0, 0.1) is 0 Å². The quantitative estimate of drug-likeness (QED) is 0.517. The van der Waals surface area contributed by atoms with Crippen molar-refractivity contribution in [1.82, 2.24) is 0 Å². The molecule has 0 rings (SSSR count). The minimum absolute atomic E-state index is 0.0758. The number of amides is 2. The average molecular weight is 197 g/mol. The van der Waals surface area contributed by atoms with Gasteiger partial charge in [-0.1, -0.05) is 6.58 Å². The van der Waals surface area contributed by atoms with Crippen LogP contribution in [0.4, 0.5) is 0 Å². The van der Waals surface area contributed by atoms with Gasteiger partial charge in [-0.15, -0.1) is 0 Å². The first-order chi connectivity index (χ1) is 6.52. The molecule has 0 aliphatic carbocycles. The van der Waals surface area contributed by atoms with Gasteiger partial charge in [-0.3, -0.25) is 4.79 Å². The highest BCUT2D eigenvalue weighted by atomic mass is 16.2. The lowest BCUT2D eigenvalue weighted by Crippen LogP contribution is -2.47. The lowest BCUT2D eigenvalue weighted by molar-refractivity contribution is -0.796. The highest BCUT2D eigenvalue weighted by molar-refractivity contribution is 5.86. The first-order valence-electron chi connectivity index (χ1n) is 4.54. The van der Waals surface area contributed by atoms with Gasteiger partial charge in [0.1, 0.15) is 6.20 Å². The lowest BCUT2D eigenvalue weighted by atomic mass is 10.3. The largest absolute Gasteiger partial charge is 0.366 e. The predicted octanol–water partition coefficient (Wildman–Crippen LogP) is 0.555. The molecule has 14 heavy (non-hydrogen) atoms. The zero-order valence-electron chi connectivity index (χ0n) is 8.69. The predicted molar refractivity (Wildman–Crippen MR) is 54.9 cm³/mol. The van der Waals surface area contributed by atoms with Crippen LogP contribution in [0.2, 0.25) is 0 Å². The molecule has 0 heterocycles. The van der Waals surface area contributed by atoms with E-state index in [1.165, 1.54) is 18.4 Å². The summed E-state index contributed by atoms with van der Waals surface area (Å²) < 4.78 is 0.0758. The van der Waals surface area contributed by atoms with Crippen molar-refractivity contribution in [3.05, 3.63) is 24.9 Å². The number of primary amides is 1. The minimum atomic E-state index is -0.550. The van der Waals surface area contributed by atoms with Crippen LogP contribution in [0.25, 0.3) is 0 Å². The standard InChI is InChI=1S/C10H16N2O2/c1-4-10(14)12(5-2,6-3)8-7-9(11)13/h4,7-8H,1,5-6H2,2-3H3,(H-,11,13)/p+1. The van der Waals surface area contributed by atoms with Crippen molar-refractivity contribution in [2.24, 2.45) is 5.73 Å². The first kappa shape index (κ1) is 12.6. The average Bonchev–Trinajstić information content (AvgIpc) is 2.19. The van der Waals surface area contributed by atoms with Crippen LogP contribution < -0.4 is 5.73 Å². The van der Waals surface area contributed by atoms with Gasteiger partial charge in [0.15, 0.2) is 0 Å². The summed E-state index contributed by atoms with van der Waals surface area (Å²) in [4.78, 5) is 22.1. The van der Waals surface area contributed by atoms with Crippen LogP contribution >= 0.6 is 0 Å². The Morgan fingerprint density at radius 2 is 1.86 bits per heavy atom. The van der Waals surface area contributed by atoms with E-state index in [0.29, 0.717) is 13.1 Å². The molecule has 78 valence electrons. The number of rotatable bonds is 5. The second-order valence-electron chi connectivity index (χ2n) is 2.93. The molecule has 0 aromatic rings. The van der Waals surface area contributed by atoms with Crippen molar-refractivity contribution in [2.45, 2.75) is 13.8 Å². The Hall–Kier alpha value is -1.42. The van der Waals surface area contributed by atoms with Gasteiger partial charge >= 0.3 is 5.91 Å². The van der Waals surface area contributed by atoms with Crippen LogP contribution in [-0.2, 0) is 9.59 Å². The molecule has 0 fully saturated rings. The smallest absolute Gasteiger partial charge is 0.342 e. The van der Waals surface area contributed by atoms with E-state index >= 15 is 0 Å². The molecule has 2 amide bonds. The highest BCUT2D eigenvalue weighted by Gasteiger charge is 2.28. The van der Waals surface area contributed by atoms with Crippen LogP contribution in [0.1, 0.15) is 13.8 Å². The summed E-state index contributed by atoms with van der Waals surface area (Å²) in [7, 11) is 0. The van der Waals surface area contributed by atoms with Crippen LogP contribution in [-0.4, -0.2) is 29.4 Å². The third-order valence-electron chi connectivity index (χ3n) is 2.27. The molecule has 0 bridgehead atoms. The van der Waals surface area contributed by atoms with Crippen LogP contribution in [0.15, 0.2) is 24.9 Å². The molecule has 0 atom stereocenters. The molecule has 0 unspecified atom stereocenters. The third kappa shape index (κ3) is 2.81. The van der Waals surface area contributed by atoms with E-state index in [1.54, 1.807) is 0 Å². The topological polar surface area (TPSA) is 60.2 Å². The van der Waals surface area contributed by atoms with Gasteiger partial charge in [0, 0.05) is 6.08 Å². The Morgan fingerprint density at radius 3 is 2.14 bits per heavy atom. The maximum Gasteiger partial charge on any atom is 0.342 e. The second-order valence-corrected chi connectivity index (χ2v) is 2.93. The van der Waals surface area contributed by atoms with E-state index in [4.69, 9.17) is 5.73 Å². The number of carbonyl (C=O) groups excluding carboxylic acids is 2. The van der Waals surface area contributed by atoms with E-state index in [1.807, 2.05) is 13.8 Å². The summed E-state index contributed by atoms with van der Waals surface area (Å²) in [6.07, 6.45) is 4.00. The molecule has 0 aromatic carbocycles. The number of quaternary nitrogens is 1. The first-order valence-corrected chi connectivity index (χ1v) is 4.54. The Labute approximate surface area is 84.3 Å². The van der Waals surface area contributed by atoms with Gasteiger partial charge in [-0.2, -0.15) is 0 Å². The molecule has 0 aromatic heterocycles. The zero-order valence-corrected chi connectivity index (χ0v) is 8.69. The third-order valence-corrected chi connectivity index (χ3v) is 2.27. The summed E-state index contributed by atoms with van der Waals surface area (Å²) in [5.41, 5.74) is 4.98. The normalized spacial score (nSPS) is 11.6. The molecule has 2 N–H and O–H groups in total. The Balaban J connectivity index is 4.97. The van der Waals surface area contributed by atoms with Gasteiger partial charge in [0.25, 0.3) is 0 Å². The molecule has 0 spiro atoms. The molecular weight excluding hydrogens is 180 g/mol. The fourth-order valence-electron chi connectivity index (χ4n) is 1.22. The Morgan fingerprint density at radius 1 is 1.36 bits per heavy atom. The number of hydrogen-bond donors (Lipinski definition) is 1. The zero-order chi connectivity index (χ0) is 11.2. The Kier molecular flexibility index (Phi) is 4.80. The van der Waals surface area contributed by atoms with E-state index in [-0.39, 0.29) is 10.4 Å². The lowest BCUT2D eigenvalue weighted by Gasteiger charge is -2.27. The summed E-state index contributed by atoms with van der Waals surface area (Å²) in [5, 5.41) is 0. The maximum atomic E-state index is 11.6. The number of nitrogens with two attached hydrogens (primary N) is 1. The molecular formula is C10H17N2O2+. The van der Waals surface area contributed by atoms with Crippen molar-refractivity contribution < 1.29 is 14.1 Å². The fourth-order valence-corrected chi connectivity index (χ4v) is 1.22. The second kappa shape index (κ2) is 5.34. The van der Waals surface area contributed by atoms with Crippen molar-refractivity contribution >= 4 is 11.8 Å². The van der Waals surface area contributed by atoms with Gasteiger partial charge in [0.2, 0.25) is 5.91 Å². The number of hydrogen-bond acceptors (Lipinski definition) is 2.